The maximum Gasteiger partial charge on any atom is 0.335 e. The molecule has 0 bridgehead atoms. The molecular weight excluding hydrogens is 480 g/mol. The van der Waals surface area contributed by atoms with Gasteiger partial charge in [-0.2, -0.15) is 0 Å². The van der Waals surface area contributed by atoms with Crippen LogP contribution in [-0.4, -0.2) is 71.2 Å². The number of hydrogen-bond donors (Lipinski definition) is 2. The van der Waals surface area contributed by atoms with Crippen molar-refractivity contribution in [3.05, 3.63) is 58.1 Å². The quantitative estimate of drug-likeness (QED) is 0.397. The van der Waals surface area contributed by atoms with E-state index in [4.69, 9.17) is 4.74 Å². The molecule has 0 saturated carbocycles. The SMILES string of the molecule is O=C(O)c1ccc2c(c1)C(CCCN1CCCCC1)c1c(ccc(C(=O)O)c1CCCN1CCCCC1)O2. The van der Waals surface area contributed by atoms with Crippen molar-refractivity contribution < 1.29 is 24.5 Å². The second-order valence-corrected chi connectivity index (χ2v) is 11.1. The Hall–Kier alpha value is -2.90. The second-order valence-electron chi connectivity index (χ2n) is 11.1. The first kappa shape index (κ1) is 26.7. The summed E-state index contributed by atoms with van der Waals surface area (Å²) in [4.78, 5) is 29.2. The van der Waals surface area contributed by atoms with Crippen LogP contribution in [0.5, 0.6) is 11.5 Å². The van der Waals surface area contributed by atoms with Crippen molar-refractivity contribution in [3.8, 4) is 11.5 Å². The van der Waals surface area contributed by atoms with E-state index in [1.807, 2.05) is 0 Å². The van der Waals surface area contributed by atoms with Gasteiger partial charge in [-0.15, -0.1) is 0 Å². The molecule has 204 valence electrons. The highest BCUT2D eigenvalue weighted by Gasteiger charge is 2.32. The van der Waals surface area contributed by atoms with Crippen molar-refractivity contribution in [2.75, 3.05) is 39.3 Å². The van der Waals surface area contributed by atoms with Crippen LogP contribution < -0.4 is 4.74 Å². The first-order valence-electron chi connectivity index (χ1n) is 14.4. The molecule has 7 nitrogen and oxygen atoms in total. The third-order valence-electron chi connectivity index (χ3n) is 8.51. The molecule has 0 aliphatic carbocycles. The zero-order valence-electron chi connectivity index (χ0n) is 22.3. The van der Waals surface area contributed by atoms with Gasteiger partial charge in [-0.25, -0.2) is 9.59 Å². The Bertz CT molecular complexity index is 1150. The van der Waals surface area contributed by atoms with E-state index in [0.717, 1.165) is 75.2 Å². The van der Waals surface area contributed by atoms with Gasteiger partial charge < -0.3 is 24.7 Å². The standard InChI is InChI=1S/C31H40N2O5/c34-30(35)22-11-13-27-26(21-22)24(10-8-20-33-17-5-2-6-18-33)29-23(9-7-19-32-15-3-1-4-16-32)25(31(36)37)12-14-28(29)38-27/h11-14,21,24H,1-10,15-20H2,(H,34,35)(H,36,37). The average Bonchev–Trinajstić information content (AvgIpc) is 2.93. The normalized spacial score (nSPS) is 19.8. The van der Waals surface area contributed by atoms with E-state index >= 15 is 0 Å². The summed E-state index contributed by atoms with van der Waals surface area (Å²) < 4.78 is 6.30. The lowest BCUT2D eigenvalue weighted by molar-refractivity contribution is 0.0685. The summed E-state index contributed by atoms with van der Waals surface area (Å²) in [6.45, 7) is 6.47. The maximum atomic E-state index is 12.4. The molecule has 5 rings (SSSR count). The number of carboxylic acids is 2. The Morgan fingerprint density at radius 2 is 1.42 bits per heavy atom. The maximum absolute atomic E-state index is 12.4. The molecule has 3 aliphatic rings. The minimum Gasteiger partial charge on any atom is -0.478 e. The van der Waals surface area contributed by atoms with Crippen LogP contribution in [0.3, 0.4) is 0 Å². The average molecular weight is 521 g/mol. The van der Waals surface area contributed by atoms with Crippen molar-refractivity contribution in [2.24, 2.45) is 0 Å². The molecule has 2 aromatic rings. The van der Waals surface area contributed by atoms with Gasteiger partial charge in [-0.1, -0.05) is 12.8 Å². The Morgan fingerprint density at radius 3 is 2.05 bits per heavy atom. The number of hydrogen-bond acceptors (Lipinski definition) is 5. The predicted molar refractivity (Wildman–Crippen MR) is 147 cm³/mol. The fraction of sp³-hybridized carbons (Fsp3) is 0.548. The zero-order chi connectivity index (χ0) is 26.5. The summed E-state index contributed by atoms with van der Waals surface area (Å²) in [6.07, 6.45) is 10.9. The second kappa shape index (κ2) is 12.3. The lowest BCUT2D eigenvalue weighted by Gasteiger charge is -2.33. The van der Waals surface area contributed by atoms with Crippen molar-refractivity contribution in [1.82, 2.24) is 9.80 Å². The molecule has 2 aromatic carbocycles. The highest BCUT2D eigenvalue weighted by molar-refractivity contribution is 5.91. The number of benzene rings is 2. The number of rotatable bonds is 10. The van der Waals surface area contributed by atoms with Gasteiger partial charge in [-0.05, 0) is 127 Å². The highest BCUT2D eigenvalue weighted by Crippen LogP contribution is 2.49. The number of piperidine rings is 2. The number of carboxylic acid groups (broad SMARTS) is 2. The molecule has 3 aliphatic heterocycles. The Labute approximate surface area is 225 Å². The molecule has 7 heteroatoms. The fourth-order valence-electron chi connectivity index (χ4n) is 6.57. The van der Waals surface area contributed by atoms with Gasteiger partial charge in [0.1, 0.15) is 11.5 Å². The van der Waals surface area contributed by atoms with Crippen LogP contribution in [0, 0.1) is 0 Å². The molecule has 2 saturated heterocycles. The topological polar surface area (TPSA) is 90.3 Å². The van der Waals surface area contributed by atoms with Crippen LogP contribution in [0.4, 0.5) is 0 Å². The highest BCUT2D eigenvalue weighted by atomic mass is 16.5. The minimum absolute atomic E-state index is 0.0953. The largest absolute Gasteiger partial charge is 0.478 e. The smallest absolute Gasteiger partial charge is 0.335 e. The third-order valence-corrected chi connectivity index (χ3v) is 8.51. The predicted octanol–water partition coefficient (Wildman–Crippen LogP) is 6.01. The number of nitrogens with zero attached hydrogens (tertiary/aromatic N) is 2. The zero-order valence-corrected chi connectivity index (χ0v) is 22.3. The van der Waals surface area contributed by atoms with E-state index in [1.165, 1.54) is 38.5 Å². The van der Waals surface area contributed by atoms with E-state index in [2.05, 4.69) is 9.80 Å². The van der Waals surface area contributed by atoms with Crippen LogP contribution in [-0.2, 0) is 6.42 Å². The molecule has 38 heavy (non-hydrogen) atoms. The first-order valence-corrected chi connectivity index (χ1v) is 14.4. The van der Waals surface area contributed by atoms with Gasteiger partial charge in [-0.3, -0.25) is 0 Å². The number of carbonyl (C=O) groups is 2. The number of fused-ring (bicyclic) bond motifs is 2. The summed E-state index contributed by atoms with van der Waals surface area (Å²) in [5.41, 5.74) is 3.22. The molecule has 1 unspecified atom stereocenters. The van der Waals surface area contributed by atoms with Gasteiger partial charge in [0.15, 0.2) is 0 Å². The Morgan fingerprint density at radius 1 is 0.789 bits per heavy atom. The summed E-state index contributed by atoms with van der Waals surface area (Å²) in [7, 11) is 0. The van der Waals surface area contributed by atoms with E-state index in [-0.39, 0.29) is 11.5 Å². The van der Waals surface area contributed by atoms with Gasteiger partial charge in [0.25, 0.3) is 0 Å². The van der Waals surface area contributed by atoms with Crippen molar-refractivity contribution >= 4 is 11.9 Å². The van der Waals surface area contributed by atoms with Crippen LogP contribution in [0.15, 0.2) is 30.3 Å². The molecular formula is C31H40N2O5. The summed E-state index contributed by atoms with van der Waals surface area (Å²) in [6, 6.07) is 8.54. The molecule has 0 amide bonds. The number of aromatic carboxylic acids is 2. The fourth-order valence-corrected chi connectivity index (χ4v) is 6.57. The molecule has 2 fully saturated rings. The lowest BCUT2D eigenvalue weighted by atomic mass is 9.79. The Kier molecular flexibility index (Phi) is 8.65. The first-order chi connectivity index (χ1) is 18.5. The van der Waals surface area contributed by atoms with E-state index < -0.39 is 11.9 Å². The van der Waals surface area contributed by atoms with Crippen LogP contribution >= 0.6 is 0 Å². The number of ether oxygens (including phenoxy) is 1. The molecule has 0 spiro atoms. The van der Waals surface area contributed by atoms with Crippen molar-refractivity contribution in [2.45, 2.75) is 70.1 Å². The Balaban J connectivity index is 1.46. The molecule has 2 N–H and O–H groups in total. The monoisotopic (exact) mass is 520 g/mol. The minimum atomic E-state index is -0.966. The van der Waals surface area contributed by atoms with Crippen molar-refractivity contribution in [3.63, 3.8) is 0 Å². The van der Waals surface area contributed by atoms with E-state index in [9.17, 15) is 19.8 Å². The van der Waals surface area contributed by atoms with Gasteiger partial charge in [0.2, 0.25) is 0 Å². The van der Waals surface area contributed by atoms with E-state index in [0.29, 0.717) is 23.5 Å². The molecule has 0 aromatic heterocycles. The van der Waals surface area contributed by atoms with Gasteiger partial charge in [0, 0.05) is 17.0 Å². The van der Waals surface area contributed by atoms with Gasteiger partial charge in [0.05, 0.1) is 11.1 Å². The molecule has 0 radical (unpaired) electrons. The van der Waals surface area contributed by atoms with Crippen LogP contribution in [0.2, 0.25) is 0 Å². The number of likely N-dealkylation sites (tertiary alicyclic amines) is 2. The third kappa shape index (κ3) is 6.05. The van der Waals surface area contributed by atoms with Gasteiger partial charge >= 0.3 is 11.9 Å². The van der Waals surface area contributed by atoms with Crippen molar-refractivity contribution in [1.29, 1.82) is 0 Å². The molecule has 1 atom stereocenters. The van der Waals surface area contributed by atoms with Crippen LogP contribution in [0.25, 0.3) is 0 Å². The van der Waals surface area contributed by atoms with Crippen LogP contribution in [0.1, 0.15) is 101 Å². The molecule has 3 heterocycles. The van der Waals surface area contributed by atoms with E-state index in [1.54, 1.807) is 30.3 Å². The summed E-state index contributed by atoms with van der Waals surface area (Å²) in [5, 5.41) is 19.8. The summed E-state index contributed by atoms with van der Waals surface area (Å²) in [5.74, 6) is -0.596. The summed E-state index contributed by atoms with van der Waals surface area (Å²) >= 11 is 0. The lowest BCUT2D eigenvalue weighted by Crippen LogP contribution is -2.31.